The molecule has 26 heavy (non-hydrogen) atoms. The normalized spacial score (nSPS) is 16.1. The lowest BCUT2D eigenvalue weighted by Crippen LogP contribution is -2.39. The Hall–Kier alpha value is -3.16. The highest BCUT2D eigenvalue weighted by Crippen LogP contribution is 2.34. The second-order valence-electron chi connectivity index (χ2n) is 6.04. The summed E-state index contributed by atoms with van der Waals surface area (Å²) in [7, 11) is 0. The number of nitrogens with one attached hydrogen (secondary N) is 1. The molecule has 0 aliphatic carbocycles. The molecule has 0 radical (unpaired) electrons. The van der Waals surface area contributed by atoms with Crippen LogP contribution in [0.1, 0.15) is 5.76 Å². The Kier molecular flexibility index (Phi) is 4.39. The highest BCUT2D eigenvalue weighted by Gasteiger charge is 2.31. The first kappa shape index (κ1) is 16.3. The average Bonchev–Trinajstić information content (AvgIpc) is 3.30. The van der Waals surface area contributed by atoms with Gasteiger partial charge in [0.2, 0.25) is 5.91 Å². The van der Waals surface area contributed by atoms with E-state index in [9.17, 15) is 9.59 Å². The number of anilines is 1. The number of urea groups is 1. The van der Waals surface area contributed by atoms with Gasteiger partial charge in [0.15, 0.2) is 11.5 Å². The Morgan fingerprint density at radius 3 is 2.77 bits per heavy atom. The van der Waals surface area contributed by atoms with Crippen LogP contribution in [0.5, 0.6) is 11.5 Å². The number of amides is 3. The number of fused-ring (bicyclic) bond motifs is 1. The predicted octanol–water partition coefficient (Wildman–Crippen LogP) is 1.61. The van der Waals surface area contributed by atoms with Gasteiger partial charge in [0, 0.05) is 24.8 Å². The van der Waals surface area contributed by atoms with Gasteiger partial charge in [0.1, 0.15) is 25.5 Å². The fourth-order valence-electron chi connectivity index (χ4n) is 3.00. The van der Waals surface area contributed by atoms with E-state index in [0.29, 0.717) is 50.1 Å². The van der Waals surface area contributed by atoms with Crippen molar-refractivity contribution in [3.05, 3.63) is 42.4 Å². The van der Waals surface area contributed by atoms with Crippen LogP contribution in [0.4, 0.5) is 10.5 Å². The molecular weight excluding hydrogens is 338 g/mol. The van der Waals surface area contributed by atoms with Crippen molar-refractivity contribution in [3.63, 3.8) is 0 Å². The molecule has 8 heteroatoms. The van der Waals surface area contributed by atoms with Crippen LogP contribution in [-0.2, 0) is 11.3 Å². The van der Waals surface area contributed by atoms with Crippen molar-refractivity contribution in [2.24, 2.45) is 0 Å². The van der Waals surface area contributed by atoms with Crippen LogP contribution in [0.25, 0.3) is 0 Å². The fourth-order valence-corrected chi connectivity index (χ4v) is 3.00. The van der Waals surface area contributed by atoms with Gasteiger partial charge in [-0.2, -0.15) is 0 Å². The standard InChI is InChI=1S/C18H19N3O5/c22-17(19-11-14-2-1-7-24-14)12-20-5-6-21(18(20)23)13-3-4-15-16(10-13)26-9-8-25-15/h1-4,7,10H,5-6,8-9,11-12H2,(H,19,22). The van der Waals surface area contributed by atoms with Crippen molar-refractivity contribution in [3.8, 4) is 11.5 Å². The number of carbonyl (C=O) groups is 2. The molecule has 2 aliphatic heterocycles. The highest BCUT2D eigenvalue weighted by molar-refractivity contribution is 5.96. The van der Waals surface area contributed by atoms with Gasteiger partial charge in [0.05, 0.1) is 12.8 Å². The Balaban J connectivity index is 1.36. The molecule has 0 unspecified atom stereocenters. The maximum absolute atomic E-state index is 12.6. The molecule has 1 saturated heterocycles. The zero-order valence-corrected chi connectivity index (χ0v) is 14.1. The molecule has 0 bridgehead atoms. The molecule has 0 saturated carbocycles. The van der Waals surface area contributed by atoms with Gasteiger partial charge >= 0.3 is 6.03 Å². The first-order valence-corrected chi connectivity index (χ1v) is 8.46. The molecule has 8 nitrogen and oxygen atoms in total. The van der Waals surface area contributed by atoms with Crippen LogP contribution >= 0.6 is 0 Å². The summed E-state index contributed by atoms with van der Waals surface area (Å²) in [6, 6.07) is 8.77. The Morgan fingerprint density at radius 2 is 1.96 bits per heavy atom. The van der Waals surface area contributed by atoms with E-state index in [0.717, 1.165) is 5.69 Å². The molecule has 1 aromatic carbocycles. The molecule has 0 spiro atoms. The molecule has 3 amide bonds. The van der Waals surface area contributed by atoms with Gasteiger partial charge in [-0.15, -0.1) is 0 Å². The summed E-state index contributed by atoms with van der Waals surface area (Å²) in [5, 5.41) is 2.75. The topological polar surface area (TPSA) is 84.2 Å². The molecule has 3 heterocycles. The number of furan rings is 1. The fraction of sp³-hybridized carbons (Fsp3) is 0.333. The number of hydrogen-bond donors (Lipinski definition) is 1. The van der Waals surface area contributed by atoms with Gasteiger partial charge < -0.3 is 24.1 Å². The first-order valence-electron chi connectivity index (χ1n) is 8.46. The quantitative estimate of drug-likeness (QED) is 0.879. The molecule has 1 fully saturated rings. The minimum Gasteiger partial charge on any atom is -0.486 e. The van der Waals surface area contributed by atoms with E-state index in [1.807, 2.05) is 6.07 Å². The molecule has 2 aliphatic rings. The number of carbonyl (C=O) groups excluding carboxylic acids is 2. The van der Waals surface area contributed by atoms with E-state index in [-0.39, 0.29) is 18.5 Å². The van der Waals surface area contributed by atoms with Crippen molar-refractivity contribution in [1.82, 2.24) is 10.2 Å². The maximum atomic E-state index is 12.6. The molecular formula is C18H19N3O5. The molecule has 1 aromatic heterocycles. The van der Waals surface area contributed by atoms with E-state index in [1.54, 1.807) is 35.4 Å². The van der Waals surface area contributed by atoms with Gasteiger partial charge in [-0.25, -0.2) is 4.79 Å². The number of benzene rings is 1. The van der Waals surface area contributed by atoms with Crippen LogP contribution in [-0.4, -0.2) is 49.7 Å². The lowest BCUT2D eigenvalue weighted by Gasteiger charge is -2.22. The summed E-state index contributed by atoms with van der Waals surface area (Å²) >= 11 is 0. The second kappa shape index (κ2) is 6.99. The maximum Gasteiger partial charge on any atom is 0.325 e. The Morgan fingerprint density at radius 1 is 1.12 bits per heavy atom. The predicted molar refractivity (Wildman–Crippen MR) is 92.3 cm³/mol. The van der Waals surface area contributed by atoms with Crippen LogP contribution < -0.4 is 19.7 Å². The smallest absolute Gasteiger partial charge is 0.325 e. The SMILES string of the molecule is O=C(CN1CCN(c2ccc3c(c2)OCCO3)C1=O)NCc1ccco1. The van der Waals surface area contributed by atoms with Gasteiger partial charge in [0.25, 0.3) is 0 Å². The van der Waals surface area contributed by atoms with Gasteiger partial charge in [-0.1, -0.05) is 0 Å². The van der Waals surface area contributed by atoms with Crippen molar-refractivity contribution in [1.29, 1.82) is 0 Å². The third-order valence-corrected chi connectivity index (χ3v) is 4.31. The Labute approximate surface area is 150 Å². The number of nitrogens with zero attached hydrogens (tertiary/aromatic N) is 2. The summed E-state index contributed by atoms with van der Waals surface area (Å²) in [6.07, 6.45) is 1.55. The number of ether oxygens (including phenoxy) is 2. The molecule has 0 atom stereocenters. The van der Waals surface area contributed by atoms with E-state index in [4.69, 9.17) is 13.9 Å². The summed E-state index contributed by atoms with van der Waals surface area (Å²) in [6.45, 7) is 2.34. The summed E-state index contributed by atoms with van der Waals surface area (Å²) in [5.74, 6) is 1.76. The highest BCUT2D eigenvalue weighted by atomic mass is 16.6. The third kappa shape index (κ3) is 3.30. The summed E-state index contributed by atoms with van der Waals surface area (Å²) in [5.41, 5.74) is 0.734. The lowest BCUT2D eigenvalue weighted by molar-refractivity contribution is -0.121. The summed E-state index contributed by atoms with van der Waals surface area (Å²) in [4.78, 5) is 27.9. The molecule has 2 aromatic rings. The van der Waals surface area contributed by atoms with Crippen LogP contribution in [0.15, 0.2) is 41.0 Å². The lowest BCUT2D eigenvalue weighted by atomic mass is 10.2. The minimum absolute atomic E-state index is 0.0145. The average molecular weight is 357 g/mol. The van der Waals surface area contributed by atoms with Gasteiger partial charge in [-0.05, 0) is 24.3 Å². The van der Waals surface area contributed by atoms with Gasteiger partial charge in [-0.3, -0.25) is 9.69 Å². The van der Waals surface area contributed by atoms with Crippen LogP contribution in [0.2, 0.25) is 0 Å². The Bertz CT molecular complexity index is 805. The van der Waals surface area contributed by atoms with Crippen molar-refractivity contribution < 1.29 is 23.5 Å². The number of rotatable bonds is 5. The van der Waals surface area contributed by atoms with E-state index < -0.39 is 0 Å². The van der Waals surface area contributed by atoms with E-state index >= 15 is 0 Å². The second-order valence-corrected chi connectivity index (χ2v) is 6.04. The van der Waals surface area contributed by atoms with E-state index in [2.05, 4.69) is 5.32 Å². The minimum atomic E-state index is -0.223. The van der Waals surface area contributed by atoms with Crippen molar-refractivity contribution in [2.45, 2.75) is 6.54 Å². The van der Waals surface area contributed by atoms with Crippen LogP contribution in [0, 0.1) is 0 Å². The zero-order chi connectivity index (χ0) is 17.9. The molecule has 1 N–H and O–H groups in total. The third-order valence-electron chi connectivity index (χ3n) is 4.31. The monoisotopic (exact) mass is 357 g/mol. The van der Waals surface area contributed by atoms with Crippen LogP contribution in [0.3, 0.4) is 0 Å². The number of hydrogen-bond acceptors (Lipinski definition) is 5. The largest absolute Gasteiger partial charge is 0.486 e. The van der Waals surface area contributed by atoms with Crippen molar-refractivity contribution in [2.75, 3.05) is 37.7 Å². The first-order chi connectivity index (χ1) is 12.7. The molecule has 136 valence electrons. The van der Waals surface area contributed by atoms with E-state index in [1.165, 1.54) is 4.90 Å². The zero-order valence-electron chi connectivity index (χ0n) is 14.1. The molecule has 4 rings (SSSR count). The summed E-state index contributed by atoms with van der Waals surface area (Å²) < 4.78 is 16.2. The van der Waals surface area contributed by atoms with Crippen molar-refractivity contribution >= 4 is 17.6 Å².